The third kappa shape index (κ3) is 3.86. The summed E-state index contributed by atoms with van der Waals surface area (Å²) in [5.41, 5.74) is 6.80. The Morgan fingerprint density at radius 1 is 1.37 bits per heavy atom. The van der Waals surface area contributed by atoms with E-state index in [1.54, 1.807) is 0 Å². The first-order valence-electron chi connectivity index (χ1n) is 8.82. The Labute approximate surface area is 161 Å². The minimum absolute atomic E-state index is 0.0320. The molecule has 1 aromatic rings. The maximum atomic E-state index is 12.1. The van der Waals surface area contributed by atoms with Crippen LogP contribution in [0, 0.1) is 5.92 Å². The van der Waals surface area contributed by atoms with E-state index in [0.717, 1.165) is 5.56 Å². The number of rotatable bonds is 8. The van der Waals surface area contributed by atoms with Gasteiger partial charge >= 0.3 is 11.9 Å². The van der Waals surface area contributed by atoms with E-state index in [9.17, 15) is 19.5 Å². The van der Waals surface area contributed by atoms with Crippen LogP contribution >= 0.6 is 11.8 Å². The van der Waals surface area contributed by atoms with Crippen LogP contribution in [0.15, 0.2) is 40.9 Å². The highest BCUT2D eigenvalue weighted by Crippen LogP contribution is 2.46. The largest absolute Gasteiger partial charge is 0.477 e. The van der Waals surface area contributed by atoms with Crippen LogP contribution in [0.25, 0.3) is 0 Å². The molecular weight excluding hydrogens is 368 g/mol. The quantitative estimate of drug-likeness (QED) is 0.514. The predicted octanol–water partition coefficient (Wildman–Crippen LogP) is 1.73. The molecule has 0 aromatic heterocycles. The average molecular weight is 390 g/mol. The van der Waals surface area contributed by atoms with E-state index < -0.39 is 18.0 Å². The van der Waals surface area contributed by atoms with Crippen molar-refractivity contribution in [1.82, 2.24) is 4.90 Å². The zero-order chi connectivity index (χ0) is 19.6. The Kier molecular flexibility index (Phi) is 5.86. The molecule has 0 radical (unpaired) electrons. The van der Waals surface area contributed by atoms with Crippen LogP contribution in [0.3, 0.4) is 0 Å². The summed E-state index contributed by atoms with van der Waals surface area (Å²) in [4.78, 5) is 37.8. The number of amides is 1. The zero-order valence-corrected chi connectivity index (χ0v) is 15.8. The molecule has 27 heavy (non-hydrogen) atoms. The third-order valence-corrected chi connectivity index (χ3v) is 6.09. The summed E-state index contributed by atoms with van der Waals surface area (Å²) < 4.78 is 5.21. The molecule has 1 fully saturated rings. The number of carboxylic acid groups (broad SMARTS) is 1. The molecule has 0 spiro atoms. The summed E-state index contributed by atoms with van der Waals surface area (Å²) >= 11 is 1.22. The lowest BCUT2D eigenvalue weighted by molar-refractivity contribution is -0.155. The number of fused-ring (bicyclic) bond motifs is 1. The maximum Gasteiger partial charge on any atom is 0.353 e. The van der Waals surface area contributed by atoms with Gasteiger partial charge in [0.2, 0.25) is 5.91 Å². The van der Waals surface area contributed by atoms with Crippen LogP contribution in [-0.2, 0) is 25.7 Å². The molecule has 2 heterocycles. The average Bonchev–Trinajstić information content (AvgIpc) is 3.00. The van der Waals surface area contributed by atoms with Crippen LogP contribution in [0.4, 0.5) is 0 Å². The molecule has 1 aromatic carbocycles. The normalized spacial score (nSPS) is 22.3. The Bertz CT molecular complexity index is 780. The van der Waals surface area contributed by atoms with E-state index >= 15 is 0 Å². The fraction of sp³-hybridized carbons (Fsp3) is 0.421. The molecule has 144 valence electrons. The lowest BCUT2D eigenvalue weighted by atomic mass is 9.85. The highest BCUT2D eigenvalue weighted by atomic mass is 32.2. The van der Waals surface area contributed by atoms with E-state index in [0.29, 0.717) is 17.7 Å². The number of carbonyl (C=O) groups excluding carboxylic acids is 2. The minimum Gasteiger partial charge on any atom is -0.477 e. The number of β-lactam (4-membered cyclic amide) rings is 1. The SMILES string of the molecule is CCC1C(=O)N2C(C(=O)O)=C(SCC(N)C(=O)OCc3ccccc3)CC12. The van der Waals surface area contributed by atoms with Gasteiger partial charge in [0.25, 0.3) is 0 Å². The van der Waals surface area contributed by atoms with Crippen LogP contribution < -0.4 is 5.73 Å². The molecule has 2 aliphatic rings. The highest BCUT2D eigenvalue weighted by Gasteiger charge is 2.54. The first-order valence-corrected chi connectivity index (χ1v) is 9.81. The number of esters is 1. The number of carboxylic acids is 1. The number of nitrogens with zero attached hydrogens (tertiary/aromatic N) is 1. The van der Waals surface area contributed by atoms with E-state index in [1.807, 2.05) is 37.3 Å². The van der Waals surface area contributed by atoms with Crippen molar-refractivity contribution >= 4 is 29.6 Å². The number of hydrogen-bond acceptors (Lipinski definition) is 6. The molecule has 0 saturated carbocycles. The van der Waals surface area contributed by atoms with E-state index in [2.05, 4.69) is 0 Å². The molecule has 2 aliphatic heterocycles. The molecule has 0 bridgehead atoms. The Morgan fingerprint density at radius 3 is 2.70 bits per heavy atom. The van der Waals surface area contributed by atoms with Crippen LogP contribution in [0.2, 0.25) is 0 Å². The summed E-state index contributed by atoms with van der Waals surface area (Å²) in [6, 6.07) is 8.33. The Hall–Kier alpha value is -2.32. The fourth-order valence-corrected chi connectivity index (χ4v) is 4.55. The van der Waals surface area contributed by atoms with Crippen molar-refractivity contribution < 1.29 is 24.2 Å². The second kappa shape index (κ2) is 8.14. The van der Waals surface area contributed by atoms with Gasteiger partial charge < -0.3 is 20.5 Å². The molecule has 3 unspecified atom stereocenters. The highest BCUT2D eigenvalue weighted by molar-refractivity contribution is 8.03. The molecule has 3 N–H and O–H groups in total. The number of thioether (sulfide) groups is 1. The van der Waals surface area contributed by atoms with E-state index in [1.165, 1.54) is 16.7 Å². The topological polar surface area (TPSA) is 110 Å². The summed E-state index contributed by atoms with van der Waals surface area (Å²) in [6.07, 6.45) is 1.19. The molecular formula is C19H22N2O5S. The van der Waals surface area contributed by atoms with Crippen LogP contribution in [0.1, 0.15) is 25.3 Å². The summed E-state index contributed by atoms with van der Waals surface area (Å²) in [5.74, 6) is -1.72. The van der Waals surface area contributed by atoms with Gasteiger partial charge in [-0.05, 0) is 12.0 Å². The van der Waals surface area contributed by atoms with Gasteiger partial charge in [-0.1, -0.05) is 37.3 Å². The van der Waals surface area contributed by atoms with Crippen molar-refractivity contribution in [3.63, 3.8) is 0 Å². The second-order valence-corrected chi connectivity index (χ2v) is 7.70. The first kappa shape index (κ1) is 19.4. The van der Waals surface area contributed by atoms with Crippen molar-refractivity contribution in [1.29, 1.82) is 0 Å². The molecule has 8 heteroatoms. The van der Waals surface area contributed by atoms with E-state index in [4.69, 9.17) is 10.5 Å². The van der Waals surface area contributed by atoms with Crippen molar-refractivity contribution in [3.05, 3.63) is 46.5 Å². The van der Waals surface area contributed by atoms with Gasteiger partial charge in [0.15, 0.2) is 0 Å². The number of ether oxygens (including phenoxy) is 1. The van der Waals surface area contributed by atoms with E-state index in [-0.39, 0.29) is 35.9 Å². The van der Waals surface area contributed by atoms with Gasteiger partial charge in [-0.15, -0.1) is 11.8 Å². The summed E-state index contributed by atoms with van der Waals surface area (Å²) in [5, 5.41) is 9.48. The number of hydrogen-bond donors (Lipinski definition) is 2. The smallest absolute Gasteiger partial charge is 0.353 e. The molecule has 7 nitrogen and oxygen atoms in total. The fourth-order valence-electron chi connectivity index (χ4n) is 3.43. The van der Waals surface area contributed by atoms with Gasteiger partial charge in [-0.2, -0.15) is 0 Å². The second-order valence-electron chi connectivity index (χ2n) is 6.58. The summed E-state index contributed by atoms with van der Waals surface area (Å²) in [6.45, 7) is 2.06. The molecule has 0 aliphatic carbocycles. The molecule has 3 atom stereocenters. The standard InChI is InChI=1S/C19H22N2O5S/c1-2-12-14-8-15(16(18(23)24)21(14)17(12)22)27-10-13(20)19(25)26-9-11-6-4-3-5-7-11/h3-7,12-14H,2,8-10,20H2,1H3,(H,23,24). The maximum absolute atomic E-state index is 12.1. The third-order valence-electron chi connectivity index (χ3n) is 4.86. The zero-order valence-electron chi connectivity index (χ0n) is 15.0. The summed E-state index contributed by atoms with van der Waals surface area (Å²) in [7, 11) is 0. The van der Waals surface area contributed by atoms with Crippen LogP contribution in [0.5, 0.6) is 0 Å². The first-order chi connectivity index (χ1) is 12.9. The number of nitrogens with two attached hydrogens (primary N) is 1. The van der Waals surface area contributed by atoms with Crippen molar-refractivity contribution in [2.45, 2.75) is 38.5 Å². The van der Waals surface area contributed by atoms with Crippen molar-refractivity contribution in [2.24, 2.45) is 11.7 Å². The molecule has 1 saturated heterocycles. The van der Waals surface area contributed by atoms with Crippen LogP contribution in [-0.4, -0.2) is 45.7 Å². The van der Waals surface area contributed by atoms with Crippen molar-refractivity contribution in [2.75, 3.05) is 5.75 Å². The lowest BCUT2D eigenvalue weighted by Crippen LogP contribution is -2.58. The predicted molar refractivity (Wildman–Crippen MR) is 100 cm³/mol. The van der Waals surface area contributed by atoms with Gasteiger partial charge in [0.1, 0.15) is 18.3 Å². The minimum atomic E-state index is -1.12. The number of carbonyl (C=O) groups is 3. The lowest BCUT2D eigenvalue weighted by Gasteiger charge is -2.42. The van der Waals surface area contributed by atoms with Gasteiger partial charge in [-0.25, -0.2) is 4.79 Å². The Morgan fingerprint density at radius 2 is 2.07 bits per heavy atom. The Balaban J connectivity index is 1.56. The van der Waals surface area contributed by atoms with Gasteiger partial charge in [0, 0.05) is 17.1 Å². The number of aliphatic carboxylic acids is 1. The molecule has 1 amide bonds. The number of benzene rings is 1. The van der Waals surface area contributed by atoms with Gasteiger partial charge in [-0.3, -0.25) is 9.59 Å². The molecule has 3 rings (SSSR count). The van der Waals surface area contributed by atoms with Crippen molar-refractivity contribution in [3.8, 4) is 0 Å². The monoisotopic (exact) mass is 390 g/mol. The van der Waals surface area contributed by atoms with Gasteiger partial charge in [0.05, 0.1) is 12.0 Å².